The highest BCUT2D eigenvalue weighted by atomic mass is 19.1. The molecule has 4 amide bonds. The van der Waals surface area contributed by atoms with E-state index in [0.29, 0.717) is 71.7 Å². The number of aromatic amines is 1. The first kappa shape index (κ1) is 44.2. The van der Waals surface area contributed by atoms with E-state index in [1.165, 1.54) is 12.1 Å². The van der Waals surface area contributed by atoms with Crippen LogP contribution < -0.4 is 31.5 Å². The Morgan fingerprint density at radius 1 is 0.781 bits per heavy atom. The average molecular weight is 876 g/mol. The number of carbonyl (C=O) groups excluding carboxylic acids is 4. The van der Waals surface area contributed by atoms with Crippen molar-refractivity contribution in [2.45, 2.75) is 69.9 Å². The molecule has 6 N–H and O–H groups in total. The second-order valence-electron chi connectivity index (χ2n) is 16.8. The SMILES string of the molecule is O=C1CCC(Nc2ccc(N3CCN(CCCCCCNC(=O)c4ccc(NC5CCOCC5)c(C(=O)Nc5n[nH]c6ccc(Cc7cc(F)cc(F)c7)cc56)c4)CC3)cc2)C(=O)N1. The van der Waals surface area contributed by atoms with Gasteiger partial charge in [0.2, 0.25) is 11.8 Å². The molecule has 14 nitrogen and oxygen atoms in total. The van der Waals surface area contributed by atoms with Crippen molar-refractivity contribution >= 4 is 57.4 Å². The summed E-state index contributed by atoms with van der Waals surface area (Å²) in [6, 6.07) is 21.9. The first-order chi connectivity index (χ1) is 31.1. The number of hydrogen-bond donors (Lipinski definition) is 6. The van der Waals surface area contributed by atoms with Gasteiger partial charge in [0.05, 0.1) is 11.1 Å². The van der Waals surface area contributed by atoms with Gasteiger partial charge in [0, 0.05) is 92.5 Å². The van der Waals surface area contributed by atoms with Gasteiger partial charge in [0.25, 0.3) is 11.8 Å². The van der Waals surface area contributed by atoms with Crippen LogP contribution >= 0.6 is 0 Å². The largest absolute Gasteiger partial charge is 0.381 e. The summed E-state index contributed by atoms with van der Waals surface area (Å²) in [5, 5.41) is 23.0. The van der Waals surface area contributed by atoms with Gasteiger partial charge >= 0.3 is 0 Å². The van der Waals surface area contributed by atoms with Gasteiger partial charge in [0.15, 0.2) is 5.82 Å². The molecule has 3 aliphatic heterocycles. The first-order valence-corrected chi connectivity index (χ1v) is 22.3. The highest BCUT2D eigenvalue weighted by Crippen LogP contribution is 2.28. The molecule has 0 bridgehead atoms. The van der Waals surface area contributed by atoms with Gasteiger partial charge in [-0.05, 0) is 123 Å². The molecule has 0 aliphatic carbocycles. The Bertz CT molecular complexity index is 2430. The molecule has 336 valence electrons. The van der Waals surface area contributed by atoms with Crippen LogP contribution in [0.5, 0.6) is 0 Å². The summed E-state index contributed by atoms with van der Waals surface area (Å²) in [7, 11) is 0. The number of imide groups is 1. The van der Waals surface area contributed by atoms with Crippen LogP contribution in [-0.2, 0) is 20.7 Å². The van der Waals surface area contributed by atoms with Crippen molar-refractivity contribution in [2.75, 3.05) is 73.3 Å². The molecule has 1 atom stereocenters. The van der Waals surface area contributed by atoms with E-state index in [2.05, 4.69) is 58.7 Å². The molecule has 5 aromatic rings. The van der Waals surface area contributed by atoms with Crippen LogP contribution in [0.15, 0.2) is 78.9 Å². The lowest BCUT2D eigenvalue weighted by Crippen LogP contribution is -2.47. The maximum atomic E-state index is 14.0. The number of amides is 4. The number of anilines is 4. The molecule has 3 aliphatic rings. The molecular formula is C48H55F2N9O5. The van der Waals surface area contributed by atoms with Crippen molar-refractivity contribution in [1.82, 2.24) is 25.7 Å². The molecule has 3 fully saturated rings. The van der Waals surface area contributed by atoms with E-state index >= 15 is 0 Å². The lowest BCUT2D eigenvalue weighted by atomic mass is 10.0. The van der Waals surface area contributed by atoms with E-state index in [1.807, 2.05) is 30.3 Å². The molecule has 0 spiro atoms. The molecule has 16 heteroatoms. The molecule has 0 saturated carbocycles. The number of rotatable bonds is 17. The summed E-state index contributed by atoms with van der Waals surface area (Å²) in [5.74, 6) is -2.19. The summed E-state index contributed by atoms with van der Waals surface area (Å²) < 4.78 is 33.3. The van der Waals surface area contributed by atoms with Crippen LogP contribution in [0.2, 0.25) is 0 Å². The minimum Gasteiger partial charge on any atom is -0.381 e. The van der Waals surface area contributed by atoms with Gasteiger partial charge < -0.3 is 30.9 Å². The summed E-state index contributed by atoms with van der Waals surface area (Å²) in [5.41, 5.74) is 5.24. The van der Waals surface area contributed by atoms with E-state index in [0.717, 1.165) is 94.3 Å². The Balaban J connectivity index is 0.792. The van der Waals surface area contributed by atoms with Crippen molar-refractivity contribution in [3.8, 4) is 0 Å². The van der Waals surface area contributed by atoms with Crippen LogP contribution in [0.25, 0.3) is 10.9 Å². The molecule has 4 heterocycles. The second kappa shape index (κ2) is 20.9. The molecule has 8 rings (SSSR count). The van der Waals surface area contributed by atoms with Crippen molar-refractivity contribution < 1.29 is 32.7 Å². The lowest BCUT2D eigenvalue weighted by molar-refractivity contribution is -0.133. The van der Waals surface area contributed by atoms with Crippen molar-refractivity contribution in [3.05, 3.63) is 113 Å². The molecular weight excluding hydrogens is 821 g/mol. The number of benzene rings is 4. The fourth-order valence-electron chi connectivity index (χ4n) is 8.60. The number of ether oxygens (including phenoxy) is 1. The number of carbonyl (C=O) groups is 4. The van der Waals surface area contributed by atoms with Gasteiger partial charge in [-0.2, -0.15) is 5.10 Å². The highest BCUT2D eigenvalue weighted by Gasteiger charge is 2.27. The number of nitrogens with zero attached hydrogens (tertiary/aromatic N) is 3. The van der Waals surface area contributed by atoms with Gasteiger partial charge in [-0.15, -0.1) is 0 Å². The second-order valence-corrected chi connectivity index (χ2v) is 16.8. The normalized spacial score (nSPS) is 17.3. The van der Waals surface area contributed by atoms with E-state index in [9.17, 15) is 28.0 Å². The van der Waals surface area contributed by atoms with Crippen LogP contribution in [0.3, 0.4) is 0 Å². The summed E-state index contributed by atoms with van der Waals surface area (Å²) in [6.07, 6.45) is 6.65. The third-order valence-corrected chi connectivity index (χ3v) is 12.2. The zero-order chi connectivity index (χ0) is 44.4. The number of aromatic nitrogens is 2. The maximum absolute atomic E-state index is 14.0. The molecule has 1 unspecified atom stereocenters. The zero-order valence-corrected chi connectivity index (χ0v) is 35.8. The molecule has 64 heavy (non-hydrogen) atoms. The smallest absolute Gasteiger partial charge is 0.259 e. The van der Waals surface area contributed by atoms with Crippen LogP contribution in [-0.4, -0.2) is 103 Å². The van der Waals surface area contributed by atoms with Gasteiger partial charge in [-0.3, -0.25) is 34.5 Å². The van der Waals surface area contributed by atoms with E-state index in [4.69, 9.17) is 4.74 Å². The third kappa shape index (κ3) is 11.6. The number of piperazine rings is 1. The Labute approximate surface area is 370 Å². The molecule has 0 radical (unpaired) electrons. The van der Waals surface area contributed by atoms with Crippen molar-refractivity contribution in [1.29, 1.82) is 0 Å². The lowest BCUT2D eigenvalue weighted by Gasteiger charge is -2.36. The number of halogens is 2. The Hall–Kier alpha value is -6.39. The Morgan fingerprint density at radius 2 is 1.55 bits per heavy atom. The van der Waals surface area contributed by atoms with E-state index < -0.39 is 23.6 Å². The summed E-state index contributed by atoms with van der Waals surface area (Å²) in [4.78, 5) is 55.8. The number of hydrogen-bond acceptors (Lipinski definition) is 10. The summed E-state index contributed by atoms with van der Waals surface area (Å²) in [6.45, 7) is 6.62. The monoisotopic (exact) mass is 875 g/mol. The highest BCUT2D eigenvalue weighted by molar-refractivity contribution is 6.12. The topological polar surface area (TPSA) is 173 Å². The van der Waals surface area contributed by atoms with Gasteiger partial charge in [-0.1, -0.05) is 18.9 Å². The fraction of sp³-hybridized carbons (Fsp3) is 0.396. The fourth-order valence-corrected chi connectivity index (χ4v) is 8.60. The Morgan fingerprint density at radius 3 is 2.31 bits per heavy atom. The van der Waals surface area contributed by atoms with Gasteiger partial charge in [-0.25, -0.2) is 8.78 Å². The standard InChI is InChI=1S/C48H55F2N9O5/c49-34-26-32(27-35(50)30-34)25-31-5-11-42-39(28-31)45(57-56-42)55-47(62)40-29-33(6-12-41(40)52-37-15-23-64-24-16-37)46(61)51-17-3-1-2-4-18-58-19-21-59(22-20-58)38-9-7-36(8-10-38)53-43-13-14-44(60)54-48(43)63/h5-12,26-30,37,43,52-53H,1-4,13-25H2,(H,51,61)(H,54,60,63)(H2,55,56,57,62). The van der Waals surface area contributed by atoms with Crippen LogP contribution in [0.1, 0.15) is 83.2 Å². The minimum atomic E-state index is -0.645. The predicted molar refractivity (Wildman–Crippen MR) is 243 cm³/mol. The van der Waals surface area contributed by atoms with Gasteiger partial charge in [0.1, 0.15) is 17.7 Å². The number of nitrogens with one attached hydrogen (secondary N) is 6. The maximum Gasteiger partial charge on any atom is 0.259 e. The number of fused-ring (bicyclic) bond motifs is 1. The van der Waals surface area contributed by atoms with Crippen molar-refractivity contribution in [2.24, 2.45) is 0 Å². The van der Waals surface area contributed by atoms with Crippen LogP contribution in [0.4, 0.5) is 31.7 Å². The quantitative estimate of drug-likeness (QED) is 0.0442. The number of unbranched alkanes of at least 4 members (excludes halogenated alkanes) is 3. The van der Waals surface area contributed by atoms with Crippen molar-refractivity contribution in [3.63, 3.8) is 0 Å². The minimum absolute atomic E-state index is 0.105. The Kier molecular flexibility index (Phi) is 14.4. The average Bonchev–Trinajstić information content (AvgIpc) is 3.68. The molecule has 3 saturated heterocycles. The first-order valence-electron chi connectivity index (χ1n) is 22.3. The number of piperidine rings is 1. The summed E-state index contributed by atoms with van der Waals surface area (Å²) >= 11 is 0. The number of H-pyrrole nitrogens is 1. The third-order valence-electron chi connectivity index (χ3n) is 12.2. The van der Waals surface area contributed by atoms with Crippen LogP contribution in [0, 0.1) is 11.6 Å². The zero-order valence-electron chi connectivity index (χ0n) is 35.8. The molecule has 4 aromatic carbocycles. The van der Waals surface area contributed by atoms with E-state index in [1.54, 1.807) is 18.2 Å². The van der Waals surface area contributed by atoms with E-state index in [-0.39, 0.29) is 30.2 Å². The predicted octanol–water partition coefficient (Wildman–Crippen LogP) is 6.60. The molecule has 1 aromatic heterocycles.